The topological polar surface area (TPSA) is 97.7 Å². The van der Waals surface area contributed by atoms with E-state index in [2.05, 4.69) is 5.32 Å². The van der Waals surface area contributed by atoms with Gasteiger partial charge < -0.3 is 19.5 Å². The number of nitrogens with zero attached hydrogens (tertiary/aromatic N) is 1. The average Bonchev–Trinajstić information content (AvgIpc) is 2.87. The van der Waals surface area contributed by atoms with E-state index in [-0.39, 0.29) is 18.1 Å². The summed E-state index contributed by atoms with van der Waals surface area (Å²) in [4.78, 5) is 24.9. The van der Waals surface area contributed by atoms with Gasteiger partial charge in [-0.25, -0.2) is 0 Å². The number of para-hydroxylation sites is 1. The first-order valence-corrected chi connectivity index (χ1v) is 10.6. The van der Waals surface area contributed by atoms with Gasteiger partial charge in [0.2, 0.25) is 5.78 Å². The zero-order valence-corrected chi connectivity index (χ0v) is 18.9. The summed E-state index contributed by atoms with van der Waals surface area (Å²) in [5.41, 5.74) is 1.61. The van der Waals surface area contributed by atoms with E-state index in [1.165, 1.54) is 13.2 Å². The van der Waals surface area contributed by atoms with E-state index < -0.39 is 5.78 Å². The maximum Gasteiger partial charge on any atom is 0.262 e. The molecular formula is C27H24N2O5. The molecule has 0 atom stereocenters. The molecule has 3 aromatic rings. The number of ketones is 1. The lowest BCUT2D eigenvalue weighted by atomic mass is 10.0. The highest BCUT2D eigenvalue weighted by Gasteiger charge is 2.14. The molecule has 7 nitrogen and oxygen atoms in total. The second-order valence-corrected chi connectivity index (χ2v) is 7.07. The van der Waals surface area contributed by atoms with Crippen molar-refractivity contribution in [2.24, 2.45) is 0 Å². The first-order chi connectivity index (χ1) is 16.5. The summed E-state index contributed by atoms with van der Waals surface area (Å²) < 4.78 is 16.4. The second-order valence-electron chi connectivity index (χ2n) is 7.07. The quantitative estimate of drug-likeness (QED) is 0.265. The Hall–Kier alpha value is -4.57. The normalized spacial score (nSPS) is 10.7. The van der Waals surface area contributed by atoms with Gasteiger partial charge in [0.15, 0.2) is 18.1 Å². The Balaban J connectivity index is 1.75. The van der Waals surface area contributed by atoms with Crippen LogP contribution in [0.5, 0.6) is 17.2 Å². The maximum absolute atomic E-state index is 12.8. The van der Waals surface area contributed by atoms with Crippen molar-refractivity contribution in [3.8, 4) is 23.3 Å². The summed E-state index contributed by atoms with van der Waals surface area (Å²) in [5.74, 6) is 0.684. The molecule has 7 heteroatoms. The molecule has 172 valence electrons. The summed E-state index contributed by atoms with van der Waals surface area (Å²) in [7, 11) is 1.54. The lowest BCUT2D eigenvalue weighted by Gasteiger charge is -2.13. The number of carbonyl (C=O) groups is 2. The van der Waals surface area contributed by atoms with Gasteiger partial charge in [0.05, 0.1) is 13.7 Å². The summed E-state index contributed by atoms with van der Waals surface area (Å²) in [5, 5.41) is 12.3. The van der Waals surface area contributed by atoms with Crippen LogP contribution in [0.3, 0.4) is 0 Å². The van der Waals surface area contributed by atoms with Gasteiger partial charge in [-0.2, -0.15) is 5.26 Å². The fourth-order valence-corrected chi connectivity index (χ4v) is 3.08. The van der Waals surface area contributed by atoms with E-state index in [1.54, 1.807) is 54.6 Å². The molecule has 1 N–H and O–H groups in total. The van der Waals surface area contributed by atoms with E-state index in [0.717, 1.165) is 0 Å². The summed E-state index contributed by atoms with van der Waals surface area (Å²) in [6.45, 7) is 1.99. The van der Waals surface area contributed by atoms with Gasteiger partial charge in [-0.05, 0) is 67.1 Å². The number of ether oxygens (including phenoxy) is 3. The summed E-state index contributed by atoms with van der Waals surface area (Å²) in [6, 6.07) is 22.6. The number of rotatable bonds is 10. The number of carbonyl (C=O) groups excluding carboxylic acids is 2. The first kappa shape index (κ1) is 24.1. The Morgan fingerprint density at radius 3 is 2.35 bits per heavy atom. The number of hydrogen-bond donors (Lipinski definition) is 1. The number of benzene rings is 3. The van der Waals surface area contributed by atoms with Crippen LogP contribution >= 0.6 is 0 Å². The minimum absolute atomic E-state index is 0.0245. The van der Waals surface area contributed by atoms with E-state index in [1.807, 2.05) is 31.2 Å². The summed E-state index contributed by atoms with van der Waals surface area (Å²) >= 11 is 0. The maximum atomic E-state index is 12.8. The van der Waals surface area contributed by atoms with Crippen LogP contribution in [0.4, 0.5) is 5.69 Å². The lowest BCUT2D eigenvalue weighted by molar-refractivity contribution is -0.118. The Morgan fingerprint density at radius 1 is 0.971 bits per heavy atom. The molecule has 34 heavy (non-hydrogen) atoms. The minimum atomic E-state index is -0.402. The average molecular weight is 456 g/mol. The van der Waals surface area contributed by atoms with Crippen molar-refractivity contribution in [1.82, 2.24) is 0 Å². The lowest BCUT2D eigenvalue weighted by Crippen LogP contribution is -2.20. The molecule has 0 aliphatic carbocycles. The number of Topliss-reactive ketones (excluding diaryl/α,β-unsaturated/α-hetero) is 1. The molecule has 0 aliphatic rings. The van der Waals surface area contributed by atoms with Crippen molar-refractivity contribution in [1.29, 1.82) is 5.26 Å². The Bertz CT molecular complexity index is 1210. The number of hydrogen-bond acceptors (Lipinski definition) is 6. The monoisotopic (exact) mass is 456 g/mol. The largest absolute Gasteiger partial charge is 0.497 e. The van der Waals surface area contributed by atoms with Crippen LogP contribution in [0.15, 0.2) is 78.4 Å². The van der Waals surface area contributed by atoms with Crippen LogP contribution in [-0.2, 0) is 4.79 Å². The predicted octanol–water partition coefficient (Wildman–Crippen LogP) is 4.90. The third-order valence-corrected chi connectivity index (χ3v) is 4.71. The van der Waals surface area contributed by atoms with Gasteiger partial charge in [0, 0.05) is 11.3 Å². The Kier molecular flexibility index (Phi) is 8.42. The molecule has 0 fully saturated rings. The molecule has 3 aromatic carbocycles. The van der Waals surface area contributed by atoms with Gasteiger partial charge in [-0.15, -0.1) is 0 Å². The fourth-order valence-electron chi connectivity index (χ4n) is 3.08. The highest BCUT2D eigenvalue weighted by molar-refractivity contribution is 6.14. The first-order valence-electron chi connectivity index (χ1n) is 10.6. The van der Waals surface area contributed by atoms with Crippen LogP contribution in [0.1, 0.15) is 22.8 Å². The van der Waals surface area contributed by atoms with Gasteiger partial charge in [0.25, 0.3) is 5.91 Å². The van der Waals surface area contributed by atoms with E-state index in [4.69, 9.17) is 14.2 Å². The van der Waals surface area contributed by atoms with Gasteiger partial charge in [-0.3, -0.25) is 9.59 Å². The number of nitrogens with one attached hydrogen (secondary N) is 1. The molecule has 0 unspecified atom stereocenters. The van der Waals surface area contributed by atoms with Crippen LogP contribution in [0.25, 0.3) is 6.08 Å². The molecule has 0 radical (unpaired) electrons. The Labute approximate surface area is 198 Å². The molecule has 0 aliphatic heterocycles. The molecule has 0 heterocycles. The van der Waals surface area contributed by atoms with Gasteiger partial charge in [-0.1, -0.05) is 24.3 Å². The smallest absolute Gasteiger partial charge is 0.262 e. The van der Waals surface area contributed by atoms with Crippen molar-refractivity contribution in [2.45, 2.75) is 6.92 Å². The SMILES string of the molecule is CCOc1cc(C=C(C#N)C(=O)c2ccc(OC)cc2)ccc1OCC(=O)Nc1ccccc1. The zero-order valence-electron chi connectivity index (χ0n) is 18.9. The van der Waals surface area contributed by atoms with Crippen LogP contribution < -0.4 is 19.5 Å². The molecule has 0 aromatic heterocycles. The molecule has 0 saturated heterocycles. The van der Waals surface area contributed by atoms with Crippen LogP contribution in [-0.4, -0.2) is 32.0 Å². The minimum Gasteiger partial charge on any atom is -0.497 e. The standard InChI is InChI=1S/C27H24N2O5/c1-3-33-25-16-19(15-21(17-28)27(31)20-10-12-23(32-2)13-11-20)9-14-24(25)34-18-26(30)29-22-7-5-4-6-8-22/h4-16H,3,18H2,1-2H3,(H,29,30). The molecule has 1 amide bonds. The van der Waals surface area contributed by atoms with Crippen LogP contribution in [0.2, 0.25) is 0 Å². The number of allylic oxidation sites excluding steroid dienone is 1. The second kappa shape index (κ2) is 11.9. The predicted molar refractivity (Wildman–Crippen MR) is 129 cm³/mol. The number of anilines is 1. The van der Waals surface area contributed by atoms with E-state index >= 15 is 0 Å². The van der Waals surface area contributed by atoms with Crippen LogP contribution in [0, 0.1) is 11.3 Å². The third kappa shape index (κ3) is 6.47. The molecule has 0 saturated carbocycles. The molecule has 3 rings (SSSR count). The Morgan fingerprint density at radius 2 is 1.71 bits per heavy atom. The zero-order chi connectivity index (χ0) is 24.3. The van der Waals surface area contributed by atoms with Crippen molar-refractivity contribution in [3.05, 3.63) is 89.5 Å². The number of methoxy groups -OCH3 is 1. The highest BCUT2D eigenvalue weighted by Crippen LogP contribution is 2.30. The number of nitriles is 1. The van der Waals surface area contributed by atoms with E-state index in [9.17, 15) is 14.9 Å². The van der Waals surface area contributed by atoms with Gasteiger partial charge >= 0.3 is 0 Å². The number of amides is 1. The van der Waals surface area contributed by atoms with Crippen molar-refractivity contribution >= 4 is 23.5 Å². The molecular weight excluding hydrogens is 432 g/mol. The third-order valence-electron chi connectivity index (χ3n) is 4.71. The highest BCUT2D eigenvalue weighted by atomic mass is 16.5. The van der Waals surface area contributed by atoms with Crippen molar-refractivity contribution < 1.29 is 23.8 Å². The van der Waals surface area contributed by atoms with Crippen molar-refractivity contribution in [2.75, 3.05) is 25.6 Å². The molecule has 0 bridgehead atoms. The van der Waals surface area contributed by atoms with Crippen molar-refractivity contribution in [3.63, 3.8) is 0 Å². The fraction of sp³-hybridized carbons (Fsp3) is 0.148. The van der Waals surface area contributed by atoms with Gasteiger partial charge in [0.1, 0.15) is 17.4 Å². The van der Waals surface area contributed by atoms with E-state index in [0.29, 0.717) is 40.7 Å². The summed E-state index contributed by atoms with van der Waals surface area (Å²) in [6.07, 6.45) is 1.49. The molecule has 0 spiro atoms.